The van der Waals surface area contributed by atoms with E-state index in [4.69, 9.17) is 0 Å². The maximum Gasteiger partial charge on any atom is 0.334 e. The molecule has 116 valence electrons. The van der Waals surface area contributed by atoms with Crippen LogP contribution in [0.5, 0.6) is 0 Å². The van der Waals surface area contributed by atoms with Crippen molar-refractivity contribution < 1.29 is 24.0 Å². The number of esters is 2. The van der Waals surface area contributed by atoms with Crippen molar-refractivity contribution in [3.63, 3.8) is 0 Å². The average Bonchev–Trinajstić information content (AvgIpc) is 2.53. The summed E-state index contributed by atoms with van der Waals surface area (Å²) in [6.07, 6.45) is 4.43. The molecule has 0 unspecified atom stereocenters. The zero-order valence-electron chi connectivity index (χ0n) is 12.1. The van der Waals surface area contributed by atoms with E-state index in [2.05, 4.69) is 9.47 Å². The van der Waals surface area contributed by atoms with Crippen molar-refractivity contribution in [2.24, 2.45) is 0 Å². The summed E-state index contributed by atoms with van der Waals surface area (Å²) >= 11 is 0. The van der Waals surface area contributed by atoms with Gasteiger partial charge in [-0.2, -0.15) is 0 Å². The van der Waals surface area contributed by atoms with Gasteiger partial charge < -0.3 is 9.47 Å². The number of methoxy groups -OCH3 is 2. The number of nitrogens with zero attached hydrogens (tertiary/aromatic N) is 1. The van der Waals surface area contributed by atoms with Crippen LogP contribution < -0.4 is 0 Å². The molecule has 22 heavy (non-hydrogen) atoms. The average molecular weight is 305 g/mol. The molecule has 0 radical (unpaired) electrons. The molecule has 7 nitrogen and oxygen atoms in total. The number of hydrogen-bond acceptors (Lipinski definition) is 6. The fraction of sp³-hybridized carbons (Fsp3) is 0.200. The first kappa shape index (κ1) is 17.1. The summed E-state index contributed by atoms with van der Waals surface area (Å²) < 4.78 is 9.08. The highest BCUT2D eigenvalue weighted by Gasteiger charge is 2.13. The Balaban J connectivity index is 2.86. The Morgan fingerprint density at radius 3 is 2.32 bits per heavy atom. The van der Waals surface area contributed by atoms with Crippen LogP contribution in [0.4, 0.5) is 5.69 Å². The number of ether oxygens (including phenoxy) is 2. The lowest BCUT2D eigenvalue weighted by atomic mass is 10.1. The van der Waals surface area contributed by atoms with Gasteiger partial charge in [0.2, 0.25) is 0 Å². The molecular formula is C15H15NO6. The lowest BCUT2D eigenvalue weighted by molar-refractivity contribution is -0.384. The number of nitro benzene ring substituents is 1. The number of hydrogen-bond donors (Lipinski definition) is 0. The van der Waals surface area contributed by atoms with Gasteiger partial charge in [-0.15, -0.1) is 0 Å². The van der Waals surface area contributed by atoms with Gasteiger partial charge >= 0.3 is 11.9 Å². The highest BCUT2D eigenvalue weighted by Crippen LogP contribution is 2.13. The molecule has 0 heterocycles. The fourth-order valence-corrected chi connectivity index (χ4v) is 1.54. The maximum absolute atomic E-state index is 11.5. The number of nitro groups is 1. The molecule has 0 saturated carbocycles. The molecule has 1 aromatic rings. The zero-order valence-corrected chi connectivity index (χ0v) is 12.1. The van der Waals surface area contributed by atoms with E-state index in [1.807, 2.05) is 0 Å². The minimum absolute atomic E-state index is 0.00590. The second-order valence-electron chi connectivity index (χ2n) is 4.14. The van der Waals surface area contributed by atoms with Gasteiger partial charge in [-0.1, -0.05) is 18.2 Å². The van der Waals surface area contributed by atoms with Crippen LogP contribution in [-0.2, 0) is 19.1 Å². The van der Waals surface area contributed by atoms with Gasteiger partial charge in [-0.25, -0.2) is 4.79 Å². The van der Waals surface area contributed by atoms with Crippen LogP contribution in [0.25, 0.3) is 6.08 Å². The van der Waals surface area contributed by atoms with Crippen molar-refractivity contribution in [3.8, 4) is 0 Å². The standard InChI is InChI=1S/C15H15NO6/c1-21-14(17)10-12(15(18)22-2)5-3-4-11-6-8-13(9-7-11)16(19)20/h3-9H,10H2,1-2H3/b4-3+,12-5+. The monoisotopic (exact) mass is 305 g/mol. The Hall–Kier alpha value is -2.96. The van der Waals surface area contributed by atoms with Gasteiger partial charge in [0.25, 0.3) is 5.69 Å². The zero-order chi connectivity index (χ0) is 16.5. The molecule has 7 heteroatoms. The molecule has 0 spiro atoms. The van der Waals surface area contributed by atoms with Crippen molar-refractivity contribution in [2.45, 2.75) is 6.42 Å². The van der Waals surface area contributed by atoms with E-state index in [9.17, 15) is 19.7 Å². The minimum Gasteiger partial charge on any atom is -0.469 e. The SMILES string of the molecule is COC(=O)C/C(=C\C=C\c1ccc([N+](=O)[O-])cc1)C(=O)OC. The van der Waals surface area contributed by atoms with Crippen molar-refractivity contribution >= 4 is 23.7 Å². The largest absolute Gasteiger partial charge is 0.469 e. The number of allylic oxidation sites excluding steroid dienone is 2. The van der Waals surface area contributed by atoms with E-state index in [1.165, 1.54) is 32.4 Å². The van der Waals surface area contributed by atoms with E-state index < -0.39 is 16.9 Å². The Labute approximate surface area is 127 Å². The van der Waals surface area contributed by atoms with Crippen LogP contribution in [-0.4, -0.2) is 31.1 Å². The van der Waals surface area contributed by atoms with Crippen molar-refractivity contribution in [3.05, 3.63) is 57.7 Å². The number of carbonyl (C=O) groups excluding carboxylic acids is 2. The molecule has 0 bridgehead atoms. The molecule has 0 N–H and O–H groups in total. The molecule has 0 aromatic heterocycles. The van der Waals surface area contributed by atoms with Crippen LogP contribution >= 0.6 is 0 Å². The van der Waals surface area contributed by atoms with Crippen LogP contribution in [0.15, 0.2) is 42.0 Å². The highest BCUT2D eigenvalue weighted by molar-refractivity contribution is 5.94. The summed E-state index contributed by atoms with van der Waals surface area (Å²) in [5, 5.41) is 10.5. The Kier molecular flexibility index (Phi) is 6.49. The first-order valence-corrected chi connectivity index (χ1v) is 6.24. The minimum atomic E-state index is -0.626. The molecular weight excluding hydrogens is 290 g/mol. The van der Waals surface area contributed by atoms with Gasteiger partial charge in [0.1, 0.15) is 0 Å². The number of non-ortho nitro benzene ring substituents is 1. The highest BCUT2D eigenvalue weighted by atomic mass is 16.6. The van der Waals surface area contributed by atoms with Gasteiger partial charge in [0, 0.05) is 17.7 Å². The third-order valence-electron chi connectivity index (χ3n) is 2.70. The molecule has 0 atom stereocenters. The quantitative estimate of drug-likeness (QED) is 0.263. The molecule has 0 saturated heterocycles. The second-order valence-corrected chi connectivity index (χ2v) is 4.14. The molecule has 0 aliphatic rings. The van der Waals surface area contributed by atoms with Gasteiger partial charge in [-0.3, -0.25) is 14.9 Å². The predicted molar refractivity (Wildman–Crippen MR) is 78.9 cm³/mol. The molecule has 1 aromatic carbocycles. The topological polar surface area (TPSA) is 95.7 Å². The Morgan fingerprint density at radius 2 is 1.82 bits per heavy atom. The Bertz CT molecular complexity index is 615. The summed E-state index contributed by atoms with van der Waals surface area (Å²) in [5.74, 6) is -1.18. The molecule has 0 fully saturated rings. The number of benzene rings is 1. The van der Waals surface area contributed by atoms with Crippen molar-refractivity contribution in [1.82, 2.24) is 0 Å². The van der Waals surface area contributed by atoms with E-state index in [0.29, 0.717) is 5.56 Å². The van der Waals surface area contributed by atoms with Crippen LogP contribution in [0.3, 0.4) is 0 Å². The summed E-state index contributed by atoms with van der Waals surface area (Å²) in [7, 11) is 2.44. The lowest BCUT2D eigenvalue weighted by Gasteiger charge is -2.02. The predicted octanol–water partition coefficient (Wildman–Crippen LogP) is 2.27. The van der Waals surface area contributed by atoms with Crippen LogP contribution in [0.2, 0.25) is 0 Å². The Morgan fingerprint density at radius 1 is 1.18 bits per heavy atom. The van der Waals surface area contributed by atoms with E-state index in [-0.39, 0.29) is 17.7 Å². The summed E-state index contributed by atoms with van der Waals surface area (Å²) in [4.78, 5) is 32.8. The summed E-state index contributed by atoms with van der Waals surface area (Å²) in [5.41, 5.74) is 0.852. The smallest absolute Gasteiger partial charge is 0.334 e. The van der Waals surface area contributed by atoms with Crippen molar-refractivity contribution in [2.75, 3.05) is 14.2 Å². The molecule has 0 aliphatic heterocycles. The third-order valence-corrected chi connectivity index (χ3v) is 2.70. The van der Waals surface area contributed by atoms with Gasteiger partial charge in [0.05, 0.1) is 25.6 Å². The number of rotatable bonds is 6. The van der Waals surface area contributed by atoms with Crippen LogP contribution in [0.1, 0.15) is 12.0 Å². The second kappa shape index (κ2) is 8.35. The lowest BCUT2D eigenvalue weighted by Crippen LogP contribution is -2.10. The van der Waals surface area contributed by atoms with Gasteiger partial charge in [0.15, 0.2) is 0 Å². The molecule has 1 rings (SSSR count). The maximum atomic E-state index is 11.5. The van der Waals surface area contributed by atoms with E-state index in [1.54, 1.807) is 24.3 Å². The molecule has 0 amide bonds. The normalized spacial score (nSPS) is 11.3. The molecule has 0 aliphatic carbocycles. The van der Waals surface area contributed by atoms with Crippen molar-refractivity contribution in [1.29, 1.82) is 0 Å². The summed E-state index contributed by atoms with van der Waals surface area (Å²) in [6.45, 7) is 0. The van der Waals surface area contributed by atoms with E-state index in [0.717, 1.165) is 0 Å². The summed E-state index contributed by atoms with van der Waals surface area (Å²) in [6, 6.07) is 5.89. The van der Waals surface area contributed by atoms with E-state index >= 15 is 0 Å². The fourth-order valence-electron chi connectivity index (χ4n) is 1.54. The van der Waals surface area contributed by atoms with Gasteiger partial charge in [-0.05, 0) is 17.7 Å². The van der Waals surface area contributed by atoms with Crippen LogP contribution in [0, 0.1) is 10.1 Å². The number of carbonyl (C=O) groups is 2. The first-order chi connectivity index (χ1) is 10.5. The third kappa shape index (κ3) is 5.20. The first-order valence-electron chi connectivity index (χ1n) is 6.24.